The number of methoxy groups -OCH3 is 1. The summed E-state index contributed by atoms with van der Waals surface area (Å²) in [4.78, 5) is 12.1. The molecule has 0 aliphatic heterocycles. The van der Waals surface area contributed by atoms with Crippen molar-refractivity contribution in [3.63, 3.8) is 0 Å². The van der Waals surface area contributed by atoms with Gasteiger partial charge in [-0.25, -0.2) is 5.43 Å². The summed E-state index contributed by atoms with van der Waals surface area (Å²) < 4.78 is 16.4. The van der Waals surface area contributed by atoms with Gasteiger partial charge in [0.25, 0.3) is 0 Å². The van der Waals surface area contributed by atoms with Gasteiger partial charge in [-0.3, -0.25) is 4.79 Å². The predicted octanol–water partition coefficient (Wildman–Crippen LogP) is 4.23. The number of benzene rings is 2. The average Bonchev–Trinajstić information content (AvgIpc) is 2.65. The maximum absolute atomic E-state index is 12.1. The van der Waals surface area contributed by atoms with Crippen LogP contribution < -0.4 is 19.6 Å². The molecule has 6 nitrogen and oxygen atoms in total. The number of rotatable bonds is 9. The summed E-state index contributed by atoms with van der Waals surface area (Å²) in [6.45, 7) is 6.34. The fourth-order valence-electron chi connectivity index (χ4n) is 2.44. The van der Waals surface area contributed by atoms with Crippen molar-refractivity contribution in [3.05, 3.63) is 52.5 Å². The quantitative estimate of drug-likeness (QED) is 0.501. The Bertz CT molecular complexity index is 820. The van der Waals surface area contributed by atoms with Gasteiger partial charge in [-0.2, -0.15) is 5.10 Å². The standard InChI is InChI=1S/C21H25ClN2O4/c1-5-27-17-8-6-15(7-9-17)12-20(25)24-23-13-16-10-18(22)21(28-14(2)3)19(11-16)26-4/h6-11,13-14H,5,12H2,1-4H3,(H,24,25)/b23-13-. The van der Waals surface area contributed by atoms with E-state index in [1.165, 1.54) is 6.21 Å². The molecule has 0 fully saturated rings. The lowest BCUT2D eigenvalue weighted by atomic mass is 10.1. The number of hydrogen-bond donors (Lipinski definition) is 1. The van der Waals surface area contributed by atoms with Crippen molar-refractivity contribution in [3.8, 4) is 17.2 Å². The lowest BCUT2D eigenvalue weighted by molar-refractivity contribution is -0.120. The van der Waals surface area contributed by atoms with Crippen LogP contribution in [0.4, 0.5) is 0 Å². The van der Waals surface area contributed by atoms with Crippen LogP contribution in [0.15, 0.2) is 41.5 Å². The molecule has 2 aromatic rings. The minimum Gasteiger partial charge on any atom is -0.494 e. The first-order valence-corrected chi connectivity index (χ1v) is 9.38. The Labute approximate surface area is 170 Å². The summed E-state index contributed by atoms with van der Waals surface area (Å²) in [5.74, 6) is 1.54. The van der Waals surface area contributed by atoms with E-state index in [2.05, 4.69) is 10.5 Å². The van der Waals surface area contributed by atoms with Gasteiger partial charge in [-0.1, -0.05) is 23.7 Å². The van der Waals surface area contributed by atoms with E-state index in [0.29, 0.717) is 28.7 Å². The van der Waals surface area contributed by atoms with Crippen LogP contribution in [0.25, 0.3) is 0 Å². The van der Waals surface area contributed by atoms with Crippen molar-refractivity contribution < 1.29 is 19.0 Å². The highest BCUT2D eigenvalue weighted by Gasteiger charge is 2.13. The molecule has 0 unspecified atom stereocenters. The number of hydrogen-bond acceptors (Lipinski definition) is 5. The van der Waals surface area contributed by atoms with Gasteiger partial charge in [0.15, 0.2) is 11.5 Å². The van der Waals surface area contributed by atoms with Gasteiger partial charge >= 0.3 is 0 Å². The molecule has 2 rings (SSSR count). The molecular weight excluding hydrogens is 380 g/mol. The molecule has 0 spiro atoms. The SMILES string of the molecule is CCOc1ccc(CC(=O)N/N=C\c2cc(Cl)c(OC(C)C)c(OC)c2)cc1. The molecule has 0 aliphatic rings. The van der Waals surface area contributed by atoms with Gasteiger partial charge in [0.1, 0.15) is 5.75 Å². The minimum atomic E-state index is -0.224. The van der Waals surface area contributed by atoms with Crippen molar-refractivity contribution in [1.82, 2.24) is 5.43 Å². The Morgan fingerprint density at radius 1 is 1.25 bits per heavy atom. The van der Waals surface area contributed by atoms with Crippen LogP contribution in [-0.2, 0) is 11.2 Å². The summed E-state index contributed by atoms with van der Waals surface area (Å²) in [5.41, 5.74) is 4.06. The van der Waals surface area contributed by atoms with Crippen LogP contribution in [0.1, 0.15) is 31.9 Å². The van der Waals surface area contributed by atoms with Crippen LogP contribution in [-0.4, -0.2) is 31.9 Å². The van der Waals surface area contributed by atoms with Crippen molar-refractivity contribution in [2.75, 3.05) is 13.7 Å². The molecular formula is C21H25ClN2O4. The third-order valence-corrected chi connectivity index (χ3v) is 3.89. The summed E-state index contributed by atoms with van der Waals surface area (Å²) in [6.07, 6.45) is 1.69. The number of carbonyl (C=O) groups is 1. The van der Waals surface area contributed by atoms with Gasteiger partial charge in [0, 0.05) is 0 Å². The largest absolute Gasteiger partial charge is 0.494 e. The van der Waals surface area contributed by atoms with E-state index in [-0.39, 0.29) is 18.4 Å². The first kappa shape index (κ1) is 21.6. The summed E-state index contributed by atoms with van der Waals surface area (Å²) >= 11 is 6.28. The molecule has 28 heavy (non-hydrogen) atoms. The van der Waals surface area contributed by atoms with Gasteiger partial charge in [-0.05, 0) is 56.2 Å². The van der Waals surface area contributed by atoms with Gasteiger partial charge in [0.05, 0.1) is 37.5 Å². The molecule has 1 N–H and O–H groups in total. The smallest absolute Gasteiger partial charge is 0.244 e. The number of ether oxygens (including phenoxy) is 3. The molecule has 0 bridgehead atoms. The molecule has 150 valence electrons. The van der Waals surface area contributed by atoms with Crippen LogP contribution in [0.2, 0.25) is 5.02 Å². The highest BCUT2D eigenvalue weighted by molar-refractivity contribution is 6.32. The number of carbonyl (C=O) groups excluding carboxylic acids is 1. The maximum Gasteiger partial charge on any atom is 0.244 e. The Morgan fingerprint density at radius 3 is 2.57 bits per heavy atom. The van der Waals surface area contributed by atoms with E-state index in [1.807, 2.05) is 45.0 Å². The molecule has 7 heteroatoms. The number of hydrazone groups is 1. The molecule has 0 heterocycles. The zero-order valence-electron chi connectivity index (χ0n) is 16.5. The maximum atomic E-state index is 12.1. The van der Waals surface area contributed by atoms with Crippen LogP contribution >= 0.6 is 11.6 Å². The lowest BCUT2D eigenvalue weighted by Gasteiger charge is -2.15. The van der Waals surface area contributed by atoms with Gasteiger partial charge in [-0.15, -0.1) is 0 Å². The Morgan fingerprint density at radius 2 is 1.96 bits per heavy atom. The molecule has 0 saturated carbocycles. The number of nitrogens with zero attached hydrogens (tertiary/aromatic N) is 1. The molecule has 1 amide bonds. The van der Waals surface area contributed by atoms with E-state index in [4.69, 9.17) is 25.8 Å². The summed E-state index contributed by atoms with van der Waals surface area (Å²) in [5, 5.41) is 4.40. The van der Waals surface area contributed by atoms with Crippen molar-refractivity contribution in [2.24, 2.45) is 5.10 Å². The fourth-order valence-corrected chi connectivity index (χ4v) is 2.70. The fraction of sp³-hybridized carbons (Fsp3) is 0.333. The van der Waals surface area contributed by atoms with E-state index >= 15 is 0 Å². The molecule has 0 aromatic heterocycles. The number of nitrogens with one attached hydrogen (secondary N) is 1. The normalized spacial score (nSPS) is 10.9. The van der Waals surface area contributed by atoms with E-state index in [0.717, 1.165) is 11.3 Å². The van der Waals surface area contributed by atoms with Crippen molar-refractivity contribution in [1.29, 1.82) is 0 Å². The summed E-state index contributed by atoms with van der Waals surface area (Å²) in [6, 6.07) is 10.8. The number of amides is 1. The molecule has 0 saturated heterocycles. The van der Waals surface area contributed by atoms with Gasteiger partial charge in [0.2, 0.25) is 5.91 Å². The summed E-state index contributed by atoms with van der Waals surface area (Å²) in [7, 11) is 1.54. The van der Waals surface area contributed by atoms with Gasteiger partial charge < -0.3 is 14.2 Å². The average molecular weight is 405 g/mol. The Hall–Kier alpha value is -2.73. The third kappa shape index (κ3) is 6.46. The first-order valence-electron chi connectivity index (χ1n) is 9.00. The molecule has 0 atom stereocenters. The minimum absolute atomic E-state index is 0.0344. The second kappa shape index (κ2) is 10.6. The zero-order valence-corrected chi connectivity index (χ0v) is 17.2. The number of halogens is 1. The van der Waals surface area contributed by atoms with Crippen LogP contribution in [0, 0.1) is 0 Å². The van der Waals surface area contributed by atoms with E-state index in [9.17, 15) is 4.79 Å². The van der Waals surface area contributed by atoms with E-state index < -0.39 is 0 Å². The monoisotopic (exact) mass is 404 g/mol. The zero-order chi connectivity index (χ0) is 20.5. The lowest BCUT2D eigenvalue weighted by Crippen LogP contribution is -2.19. The van der Waals surface area contributed by atoms with Crippen molar-refractivity contribution >= 4 is 23.7 Å². The Balaban J connectivity index is 1.97. The molecule has 0 aliphatic carbocycles. The first-order chi connectivity index (χ1) is 13.4. The predicted molar refractivity (Wildman–Crippen MR) is 111 cm³/mol. The third-order valence-electron chi connectivity index (χ3n) is 3.61. The van der Waals surface area contributed by atoms with Crippen LogP contribution in [0.5, 0.6) is 17.2 Å². The highest BCUT2D eigenvalue weighted by Crippen LogP contribution is 2.36. The van der Waals surface area contributed by atoms with E-state index in [1.54, 1.807) is 19.2 Å². The highest BCUT2D eigenvalue weighted by atomic mass is 35.5. The molecule has 2 aromatic carbocycles. The van der Waals surface area contributed by atoms with Crippen molar-refractivity contribution in [2.45, 2.75) is 33.3 Å². The van der Waals surface area contributed by atoms with Crippen LogP contribution in [0.3, 0.4) is 0 Å². The Kier molecular flexibility index (Phi) is 8.14. The second-order valence-corrected chi connectivity index (χ2v) is 6.65. The molecule has 0 radical (unpaired) electrons. The second-order valence-electron chi connectivity index (χ2n) is 6.25. The topological polar surface area (TPSA) is 69.2 Å².